The van der Waals surface area contributed by atoms with Crippen LogP contribution in [0.2, 0.25) is 0 Å². The molecule has 0 aromatic carbocycles. The molecule has 0 spiro atoms. The Hall–Kier alpha value is -0.380. The van der Waals surface area contributed by atoms with Crippen LogP contribution < -0.4 is 5.73 Å². The van der Waals surface area contributed by atoms with Crippen molar-refractivity contribution in [3.05, 3.63) is 12.7 Å². The van der Waals surface area contributed by atoms with E-state index in [2.05, 4.69) is 23.4 Å². The zero-order chi connectivity index (χ0) is 10.4. The van der Waals surface area contributed by atoms with Crippen LogP contribution in [0.3, 0.4) is 0 Å². The maximum Gasteiger partial charge on any atom is 0.0110 e. The summed E-state index contributed by atoms with van der Waals surface area (Å²) in [5, 5.41) is 0. The van der Waals surface area contributed by atoms with E-state index in [1.54, 1.807) is 0 Å². The number of hydrogen-bond acceptors (Lipinski definition) is 3. The fourth-order valence-corrected chi connectivity index (χ4v) is 1.88. The molecule has 1 heterocycles. The minimum atomic E-state index is 0.593. The average Bonchev–Trinajstić information content (AvgIpc) is 2.20. The molecule has 2 N–H and O–H groups in total. The first-order valence-corrected chi connectivity index (χ1v) is 5.48. The van der Waals surface area contributed by atoms with Gasteiger partial charge < -0.3 is 15.5 Å². The van der Waals surface area contributed by atoms with Gasteiger partial charge in [-0.25, -0.2) is 0 Å². The Balaban J connectivity index is 2.24. The van der Waals surface area contributed by atoms with Gasteiger partial charge in [-0.2, -0.15) is 0 Å². The van der Waals surface area contributed by atoms with E-state index in [1.165, 1.54) is 26.2 Å². The lowest BCUT2D eigenvalue weighted by molar-refractivity contribution is 0.137. The van der Waals surface area contributed by atoms with Gasteiger partial charge in [0.25, 0.3) is 0 Å². The van der Waals surface area contributed by atoms with Crippen LogP contribution in [-0.2, 0) is 0 Å². The lowest BCUT2D eigenvalue weighted by Gasteiger charge is -2.34. The highest BCUT2D eigenvalue weighted by Crippen LogP contribution is 2.07. The quantitative estimate of drug-likeness (QED) is 0.647. The van der Waals surface area contributed by atoms with Gasteiger partial charge in [0.05, 0.1) is 0 Å². The molecule has 0 radical (unpaired) electrons. The molecule has 82 valence electrons. The van der Waals surface area contributed by atoms with Crippen molar-refractivity contribution in [3.8, 4) is 0 Å². The van der Waals surface area contributed by atoms with Crippen molar-refractivity contribution in [2.75, 3.05) is 46.3 Å². The summed E-state index contributed by atoms with van der Waals surface area (Å²) < 4.78 is 0. The van der Waals surface area contributed by atoms with E-state index in [4.69, 9.17) is 5.73 Å². The van der Waals surface area contributed by atoms with Crippen LogP contribution in [0, 0.1) is 5.92 Å². The zero-order valence-corrected chi connectivity index (χ0v) is 9.28. The van der Waals surface area contributed by atoms with E-state index in [0.29, 0.717) is 5.92 Å². The van der Waals surface area contributed by atoms with E-state index in [0.717, 1.165) is 19.5 Å². The van der Waals surface area contributed by atoms with Crippen molar-refractivity contribution in [1.29, 1.82) is 0 Å². The molecule has 1 aliphatic rings. The van der Waals surface area contributed by atoms with Crippen LogP contribution in [0.1, 0.15) is 6.42 Å². The molecule has 1 aliphatic heterocycles. The molecule has 0 bridgehead atoms. The van der Waals surface area contributed by atoms with Gasteiger partial charge >= 0.3 is 0 Å². The molecule has 0 saturated carbocycles. The minimum Gasteiger partial charge on any atom is -0.330 e. The summed E-state index contributed by atoms with van der Waals surface area (Å²) in [5.41, 5.74) is 5.72. The largest absolute Gasteiger partial charge is 0.330 e. The first-order chi connectivity index (χ1) is 6.76. The summed E-state index contributed by atoms with van der Waals surface area (Å²) in [6, 6.07) is 0. The standard InChI is InChI=1S/C11H23N3/c1-3-4-11(9-12)10-14-7-5-13(2)6-8-14/h3,11H,1,4-10,12H2,2H3. The maximum absolute atomic E-state index is 5.72. The Morgan fingerprint density at radius 1 is 1.36 bits per heavy atom. The third kappa shape index (κ3) is 3.78. The van der Waals surface area contributed by atoms with Crippen LogP contribution in [0.15, 0.2) is 12.7 Å². The summed E-state index contributed by atoms with van der Waals surface area (Å²) in [6.45, 7) is 10.4. The van der Waals surface area contributed by atoms with E-state index < -0.39 is 0 Å². The van der Waals surface area contributed by atoms with Crippen molar-refractivity contribution in [1.82, 2.24) is 9.80 Å². The Labute approximate surface area is 87.6 Å². The third-order valence-electron chi connectivity index (χ3n) is 2.95. The fraction of sp³-hybridized carbons (Fsp3) is 0.818. The molecule has 1 fully saturated rings. The smallest absolute Gasteiger partial charge is 0.0110 e. The molecule has 3 nitrogen and oxygen atoms in total. The van der Waals surface area contributed by atoms with Crippen LogP contribution in [-0.4, -0.2) is 56.1 Å². The van der Waals surface area contributed by atoms with Gasteiger partial charge in [0.2, 0.25) is 0 Å². The molecule has 1 rings (SSSR count). The first-order valence-electron chi connectivity index (χ1n) is 5.48. The van der Waals surface area contributed by atoms with E-state index >= 15 is 0 Å². The second-order valence-electron chi connectivity index (χ2n) is 4.23. The lowest BCUT2D eigenvalue weighted by atomic mass is 10.0. The molecule has 0 amide bonds. The Morgan fingerprint density at radius 3 is 2.50 bits per heavy atom. The molecule has 14 heavy (non-hydrogen) atoms. The second-order valence-corrected chi connectivity index (χ2v) is 4.23. The average molecular weight is 197 g/mol. The zero-order valence-electron chi connectivity index (χ0n) is 9.28. The molecule has 1 atom stereocenters. The van der Waals surface area contributed by atoms with Gasteiger partial charge in [0.1, 0.15) is 0 Å². The Morgan fingerprint density at radius 2 is 2.00 bits per heavy atom. The van der Waals surface area contributed by atoms with E-state index in [1.807, 2.05) is 6.08 Å². The van der Waals surface area contributed by atoms with Gasteiger partial charge in [-0.1, -0.05) is 6.08 Å². The highest BCUT2D eigenvalue weighted by Gasteiger charge is 2.16. The number of nitrogens with two attached hydrogens (primary N) is 1. The summed E-state index contributed by atoms with van der Waals surface area (Å²) in [6.07, 6.45) is 3.02. The first kappa shape index (κ1) is 11.7. The number of piperazine rings is 1. The summed E-state index contributed by atoms with van der Waals surface area (Å²) >= 11 is 0. The summed E-state index contributed by atoms with van der Waals surface area (Å²) in [4.78, 5) is 4.89. The number of nitrogens with zero attached hydrogens (tertiary/aromatic N) is 2. The topological polar surface area (TPSA) is 32.5 Å². The summed E-state index contributed by atoms with van der Waals surface area (Å²) in [7, 11) is 2.18. The fourth-order valence-electron chi connectivity index (χ4n) is 1.88. The van der Waals surface area contributed by atoms with Crippen LogP contribution in [0.5, 0.6) is 0 Å². The predicted molar refractivity (Wildman–Crippen MR) is 61.3 cm³/mol. The monoisotopic (exact) mass is 197 g/mol. The molecule has 1 saturated heterocycles. The van der Waals surface area contributed by atoms with Gasteiger partial charge in [0.15, 0.2) is 0 Å². The number of hydrogen-bond donors (Lipinski definition) is 1. The summed E-state index contributed by atoms with van der Waals surface area (Å²) in [5.74, 6) is 0.593. The van der Waals surface area contributed by atoms with Crippen molar-refractivity contribution in [2.24, 2.45) is 11.7 Å². The molecule has 0 aliphatic carbocycles. The normalized spacial score (nSPS) is 22.1. The number of rotatable bonds is 5. The van der Waals surface area contributed by atoms with Crippen LogP contribution in [0.4, 0.5) is 0 Å². The van der Waals surface area contributed by atoms with Crippen molar-refractivity contribution >= 4 is 0 Å². The molecular formula is C11H23N3. The van der Waals surface area contributed by atoms with Crippen molar-refractivity contribution in [3.63, 3.8) is 0 Å². The molecule has 0 aromatic rings. The van der Waals surface area contributed by atoms with Gasteiger partial charge in [-0.15, -0.1) is 6.58 Å². The van der Waals surface area contributed by atoms with E-state index in [9.17, 15) is 0 Å². The molecular weight excluding hydrogens is 174 g/mol. The molecule has 3 heteroatoms. The van der Waals surface area contributed by atoms with Gasteiger partial charge in [-0.05, 0) is 25.9 Å². The lowest BCUT2D eigenvalue weighted by Crippen LogP contribution is -2.46. The Kier molecular flexibility index (Phi) is 5.15. The maximum atomic E-state index is 5.72. The molecule has 1 unspecified atom stereocenters. The highest BCUT2D eigenvalue weighted by molar-refractivity contribution is 4.78. The van der Waals surface area contributed by atoms with E-state index in [-0.39, 0.29) is 0 Å². The number of likely N-dealkylation sites (N-methyl/N-ethyl adjacent to an activating group) is 1. The predicted octanol–water partition coefficient (Wildman–Crippen LogP) is 0.385. The minimum absolute atomic E-state index is 0.593. The SMILES string of the molecule is C=CCC(CN)CN1CCN(C)CC1. The van der Waals surface area contributed by atoms with Crippen molar-refractivity contribution < 1.29 is 0 Å². The third-order valence-corrected chi connectivity index (χ3v) is 2.95. The van der Waals surface area contributed by atoms with Crippen LogP contribution in [0.25, 0.3) is 0 Å². The van der Waals surface area contributed by atoms with Gasteiger partial charge in [-0.3, -0.25) is 0 Å². The van der Waals surface area contributed by atoms with Crippen LogP contribution >= 0.6 is 0 Å². The van der Waals surface area contributed by atoms with Gasteiger partial charge in [0, 0.05) is 32.7 Å². The number of allylic oxidation sites excluding steroid dienone is 1. The molecule has 0 aromatic heterocycles. The highest BCUT2D eigenvalue weighted by atomic mass is 15.2. The Bertz CT molecular complexity index is 162. The second kappa shape index (κ2) is 6.17. The van der Waals surface area contributed by atoms with Crippen molar-refractivity contribution in [2.45, 2.75) is 6.42 Å².